The third-order valence-electron chi connectivity index (χ3n) is 6.44. The van der Waals surface area contributed by atoms with E-state index < -0.39 is 53.7 Å². The van der Waals surface area contributed by atoms with Gasteiger partial charge in [0, 0.05) is 31.2 Å². The summed E-state index contributed by atoms with van der Waals surface area (Å²) < 4.78 is 68.7. The SMILES string of the molecule is CN(C(=O)[C@H]1C[C@H]1F)N(Cc1ncc(C(F)(F)F)cc1F)C(=O)c1ccc2nc(N)c3cnn(C)c3c2c1. The summed E-state index contributed by atoms with van der Waals surface area (Å²) in [6.45, 7) is -0.687. The highest BCUT2D eigenvalue weighted by Gasteiger charge is 2.46. The molecule has 2 atom stereocenters. The number of carbonyl (C=O) groups excluding carboxylic acids is 2. The molecule has 3 aromatic heterocycles. The molecule has 0 saturated heterocycles. The van der Waals surface area contributed by atoms with Crippen molar-refractivity contribution in [1.82, 2.24) is 29.8 Å². The van der Waals surface area contributed by atoms with E-state index in [-0.39, 0.29) is 23.9 Å². The molecule has 0 radical (unpaired) electrons. The van der Waals surface area contributed by atoms with Crippen LogP contribution in [0.1, 0.15) is 28.0 Å². The minimum Gasteiger partial charge on any atom is -0.383 e. The van der Waals surface area contributed by atoms with Crippen molar-refractivity contribution in [3.8, 4) is 0 Å². The number of nitrogens with zero attached hydrogens (tertiary/aromatic N) is 6. The maximum absolute atomic E-state index is 14.6. The van der Waals surface area contributed by atoms with E-state index in [0.717, 1.165) is 10.0 Å². The molecular formula is C24H20F5N7O2. The van der Waals surface area contributed by atoms with Gasteiger partial charge in [-0.25, -0.2) is 18.8 Å². The Kier molecular flexibility index (Phi) is 5.92. The fraction of sp³-hybridized carbons (Fsp3) is 0.292. The number of hydrazine groups is 1. The van der Waals surface area contributed by atoms with Crippen LogP contribution in [-0.4, -0.2) is 54.8 Å². The minimum atomic E-state index is -4.82. The second kappa shape index (κ2) is 8.89. The Hall–Kier alpha value is -4.36. The van der Waals surface area contributed by atoms with Gasteiger partial charge in [-0.05, 0) is 30.7 Å². The Labute approximate surface area is 211 Å². The Morgan fingerprint density at radius 1 is 1.18 bits per heavy atom. The number of aryl methyl sites for hydroxylation is 1. The summed E-state index contributed by atoms with van der Waals surface area (Å²) in [7, 11) is 2.88. The van der Waals surface area contributed by atoms with Crippen LogP contribution in [0.15, 0.2) is 36.7 Å². The number of halogens is 5. The number of hydrogen-bond acceptors (Lipinski definition) is 6. The maximum atomic E-state index is 14.6. The molecule has 14 heteroatoms. The fourth-order valence-electron chi connectivity index (χ4n) is 4.21. The molecule has 38 heavy (non-hydrogen) atoms. The van der Waals surface area contributed by atoms with Gasteiger partial charge < -0.3 is 5.73 Å². The van der Waals surface area contributed by atoms with Crippen molar-refractivity contribution in [2.75, 3.05) is 12.8 Å². The monoisotopic (exact) mass is 533 g/mol. The van der Waals surface area contributed by atoms with Gasteiger partial charge in [0.2, 0.25) is 5.91 Å². The van der Waals surface area contributed by atoms with E-state index in [1.807, 2.05) is 0 Å². The summed E-state index contributed by atoms with van der Waals surface area (Å²) in [5.41, 5.74) is 5.29. The van der Waals surface area contributed by atoms with Crippen LogP contribution in [0.3, 0.4) is 0 Å². The molecule has 198 valence electrons. The number of benzene rings is 1. The van der Waals surface area contributed by atoms with Gasteiger partial charge in [-0.2, -0.15) is 18.3 Å². The lowest BCUT2D eigenvalue weighted by atomic mass is 10.1. The predicted molar refractivity (Wildman–Crippen MR) is 125 cm³/mol. The summed E-state index contributed by atoms with van der Waals surface area (Å²) >= 11 is 0. The average Bonchev–Trinajstić information content (AvgIpc) is 3.47. The predicted octanol–water partition coefficient (Wildman–Crippen LogP) is 3.63. The minimum absolute atomic E-state index is 0.0281. The second-order valence-corrected chi connectivity index (χ2v) is 8.99. The van der Waals surface area contributed by atoms with Crippen molar-refractivity contribution in [3.63, 3.8) is 0 Å². The highest BCUT2D eigenvalue weighted by atomic mass is 19.4. The topological polar surface area (TPSA) is 110 Å². The molecule has 3 heterocycles. The van der Waals surface area contributed by atoms with E-state index in [2.05, 4.69) is 15.1 Å². The standard InChI is InChI=1S/C24H20F5N7O2/c1-34-20-14-5-11(3-4-18(14)33-21(30)15(20)9-32-34)22(37)36(35(2)23(38)13-7-16(13)25)10-19-17(26)6-12(8-31-19)24(27,28)29/h3-6,8-9,13,16H,7,10H2,1-2H3,(H2,30,33)/t13-,16+/m0/s1. The maximum Gasteiger partial charge on any atom is 0.417 e. The molecule has 0 bridgehead atoms. The lowest BCUT2D eigenvalue weighted by Crippen LogP contribution is -2.48. The smallest absolute Gasteiger partial charge is 0.383 e. The van der Waals surface area contributed by atoms with Crippen LogP contribution < -0.4 is 5.73 Å². The molecule has 0 unspecified atom stereocenters. The third-order valence-corrected chi connectivity index (χ3v) is 6.44. The number of nitrogens with two attached hydrogens (primary N) is 1. The highest BCUT2D eigenvalue weighted by molar-refractivity contribution is 6.10. The van der Waals surface area contributed by atoms with Crippen LogP contribution in [0, 0.1) is 11.7 Å². The molecule has 0 spiro atoms. The molecule has 2 N–H and O–H groups in total. The quantitative estimate of drug-likeness (QED) is 0.317. The number of pyridine rings is 2. The number of aromatic nitrogens is 4. The number of carbonyl (C=O) groups is 2. The van der Waals surface area contributed by atoms with Crippen LogP contribution in [0.2, 0.25) is 0 Å². The van der Waals surface area contributed by atoms with Crippen LogP contribution in [0.4, 0.5) is 27.8 Å². The van der Waals surface area contributed by atoms with Gasteiger partial charge in [-0.1, -0.05) is 0 Å². The first-order valence-corrected chi connectivity index (χ1v) is 11.3. The number of nitrogen functional groups attached to an aromatic ring is 1. The van der Waals surface area contributed by atoms with E-state index in [1.165, 1.54) is 31.4 Å². The number of anilines is 1. The summed E-state index contributed by atoms with van der Waals surface area (Å²) in [6, 6.07) is 4.69. The van der Waals surface area contributed by atoms with Crippen molar-refractivity contribution >= 4 is 39.4 Å². The summed E-state index contributed by atoms with van der Waals surface area (Å²) in [5.74, 6) is -3.59. The average molecular weight is 533 g/mol. The zero-order valence-corrected chi connectivity index (χ0v) is 20.0. The van der Waals surface area contributed by atoms with Gasteiger partial charge in [0.25, 0.3) is 5.91 Å². The summed E-state index contributed by atoms with van der Waals surface area (Å²) in [6.07, 6.45) is -4.27. The molecule has 1 aliphatic rings. The molecular weight excluding hydrogens is 513 g/mol. The molecule has 0 aliphatic heterocycles. The van der Waals surface area contributed by atoms with Crippen molar-refractivity contribution in [2.45, 2.75) is 25.3 Å². The zero-order chi connectivity index (χ0) is 27.5. The van der Waals surface area contributed by atoms with Crippen molar-refractivity contribution in [3.05, 3.63) is 59.3 Å². The number of amides is 2. The van der Waals surface area contributed by atoms with Crippen LogP contribution in [-0.2, 0) is 24.6 Å². The van der Waals surface area contributed by atoms with Gasteiger partial charge in [-0.3, -0.25) is 24.3 Å². The van der Waals surface area contributed by atoms with Gasteiger partial charge in [0.15, 0.2) is 0 Å². The molecule has 4 aromatic rings. The zero-order valence-electron chi connectivity index (χ0n) is 20.0. The van der Waals surface area contributed by atoms with Gasteiger partial charge in [0.1, 0.15) is 17.8 Å². The van der Waals surface area contributed by atoms with Gasteiger partial charge >= 0.3 is 6.18 Å². The van der Waals surface area contributed by atoms with E-state index in [9.17, 15) is 31.5 Å². The Morgan fingerprint density at radius 2 is 1.89 bits per heavy atom. The van der Waals surface area contributed by atoms with Gasteiger partial charge in [0.05, 0.1) is 46.3 Å². The Balaban J connectivity index is 1.56. The van der Waals surface area contributed by atoms with Gasteiger partial charge in [-0.15, -0.1) is 0 Å². The van der Waals surface area contributed by atoms with Crippen LogP contribution in [0.25, 0.3) is 21.8 Å². The van der Waals surface area contributed by atoms with Crippen molar-refractivity contribution in [1.29, 1.82) is 0 Å². The van der Waals surface area contributed by atoms with Crippen molar-refractivity contribution < 1.29 is 31.5 Å². The lowest BCUT2D eigenvalue weighted by Gasteiger charge is -2.32. The third kappa shape index (κ3) is 4.35. The van der Waals surface area contributed by atoms with E-state index in [4.69, 9.17) is 5.73 Å². The van der Waals surface area contributed by atoms with E-state index in [0.29, 0.717) is 28.0 Å². The molecule has 1 saturated carbocycles. The molecule has 5 rings (SSSR count). The molecule has 1 aliphatic carbocycles. The second-order valence-electron chi connectivity index (χ2n) is 8.99. The fourth-order valence-corrected chi connectivity index (χ4v) is 4.21. The largest absolute Gasteiger partial charge is 0.417 e. The van der Waals surface area contributed by atoms with Crippen LogP contribution in [0.5, 0.6) is 0 Å². The molecule has 9 nitrogen and oxygen atoms in total. The van der Waals surface area contributed by atoms with E-state index >= 15 is 0 Å². The van der Waals surface area contributed by atoms with E-state index in [1.54, 1.807) is 11.7 Å². The molecule has 2 amide bonds. The Morgan fingerprint density at radius 3 is 2.53 bits per heavy atom. The van der Waals surface area contributed by atoms with Crippen molar-refractivity contribution in [2.24, 2.45) is 13.0 Å². The molecule has 1 fully saturated rings. The summed E-state index contributed by atoms with van der Waals surface area (Å²) in [5, 5.41) is 6.90. The van der Waals surface area contributed by atoms with Crippen LogP contribution >= 0.6 is 0 Å². The summed E-state index contributed by atoms with van der Waals surface area (Å²) in [4.78, 5) is 34.3. The first-order chi connectivity index (χ1) is 17.9. The Bertz CT molecular complexity index is 1600. The first kappa shape index (κ1) is 25.3. The number of alkyl halides is 4. The highest BCUT2D eigenvalue weighted by Crippen LogP contribution is 2.36. The first-order valence-electron chi connectivity index (χ1n) is 11.3. The number of rotatable bonds is 4. The number of fused-ring (bicyclic) bond motifs is 3. The molecule has 1 aromatic carbocycles. The number of hydrogen-bond donors (Lipinski definition) is 1. The normalized spacial score (nSPS) is 17.1. The lowest BCUT2D eigenvalue weighted by molar-refractivity contribution is -0.144.